The van der Waals surface area contributed by atoms with Crippen LogP contribution in [0.3, 0.4) is 0 Å². The van der Waals surface area contributed by atoms with Gasteiger partial charge in [-0.2, -0.15) is 4.98 Å². The lowest BCUT2D eigenvalue weighted by atomic mass is 9.93. The molecule has 1 aromatic heterocycles. The van der Waals surface area contributed by atoms with E-state index in [1.807, 2.05) is 7.05 Å². The van der Waals surface area contributed by atoms with E-state index in [1.54, 1.807) is 7.11 Å². The van der Waals surface area contributed by atoms with Crippen LogP contribution in [-0.2, 0) is 10.3 Å². The van der Waals surface area contributed by atoms with Gasteiger partial charge in [0, 0.05) is 13.2 Å². The molecule has 20 heavy (non-hydrogen) atoms. The van der Waals surface area contributed by atoms with E-state index in [0.29, 0.717) is 11.9 Å². The van der Waals surface area contributed by atoms with E-state index in [2.05, 4.69) is 29.3 Å². The molecule has 2 unspecified atom stereocenters. The second-order valence-corrected chi connectivity index (χ2v) is 5.93. The van der Waals surface area contributed by atoms with Crippen molar-refractivity contribution in [3.63, 3.8) is 0 Å². The van der Waals surface area contributed by atoms with Gasteiger partial charge in [-0.1, -0.05) is 37.8 Å². The van der Waals surface area contributed by atoms with Crippen LogP contribution in [0.4, 0.5) is 0 Å². The molecule has 1 aliphatic rings. The van der Waals surface area contributed by atoms with Crippen molar-refractivity contribution in [2.75, 3.05) is 14.2 Å². The first-order valence-electron chi connectivity index (χ1n) is 7.69. The Kier molecular flexibility index (Phi) is 5.16. The number of nitrogens with one attached hydrogen (secondary N) is 1. The van der Waals surface area contributed by atoms with Crippen molar-refractivity contribution in [3.8, 4) is 0 Å². The molecule has 114 valence electrons. The zero-order chi connectivity index (χ0) is 14.6. The highest BCUT2D eigenvalue weighted by molar-refractivity contribution is 5.05. The van der Waals surface area contributed by atoms with E-state index >= 15 is 0 Å². The molecule has 0 radical (unpaired) electrons. The second-order valence-electron chi connectivity index (χ2n) is 5.93. The summed E-state index contributed by atoms with van der Waals surface area (Å²) in [6.45, 7) is 4.22. The summed E-state index contributed by atoms with van der Waals surface area (Å²) in [4.78, 5) is 4.64. The Morgan fingerprint density at radius 1 is 1.20 bits per heavy atom. The molecule has 1 aromatic rings. The Morgan fingerprint density at radius 2 is 1.85 bits per heavy atom. The molecule has 2 atom stereocenters. The fourth-order valence-corrected chi connectivity index (χ4v) is 2.89. The van der Waals surface area contributed by atoms with Gasteiger partial charge in [0.25, 0.3) is 0 Å². The van der Waals surface area contributed by atoms with Gasteiger partial charge in [0.1, 0.15) is 5.60 Å². The molecule has 5 heteroatoms. The first-order valence-corrected chi connectivity index (χ1v) is 7.69. The molecule has 1 heterocycles. The van der Waals surface area contributed by atoms with Crippen LogP contribution in [0.25, 0.3) is 0 Å². The predicted molar refractivity (Wildman–Crippen MR) is 77.6 cm³/mol. The quantitative estimate of drug-likeness (QED) is 0.841. The highest BCUT2D eigenvalue weighted by Gasteiger charge is 2.38. The second kappa shape index (κ2) is 6.68. The number of hydrogen-bond acceptors (Lipinski definition) is 5. The van der Waals surface area contributed by atoms with Gasteiger partial charge in [-0.3, -0.25) is 0 Å². The molecule has 0 bridgehead atoms. The molecule has 0 spiro atoms. The van der Waals surface area contributed by atoms with Crippen LogP contribution < -0.4 is 5.32 Å². The SMILES string of the molecule is CNC(C)C(C)c1nc(C2(OC)CCCCCC2)no1. The minimum Gasteiger partial charge on any atom is -0.370 e. The van der Waals surface area contributed by atoms with Crippen molar-refractivity contribution in [3.05, 3.63) is 11.7 Å². The summed E-state index contributed by atoms with van der Waals surface area (Å²) < 4.78 is 11.3. The first kappa shape index (κ1) is 15.4. The molecule has 2 rings (SSSR count). The molecule has 1 N–H and O–H groups in total. The molecular formula is C15H27N3O2. The van der Waals surface area contributed by atoms with E-state index < -0.39 is 0 Å². The molecule has 1 fully saturated rings. The number of aromatic nitrogens is 2. The van der Waals surface area contributed by atoms with Crippen molar-refractivity contribution < 1.29 is 9.26 Å². The van der Waals surface area contributed by atoms with Gasteiger partial charge in [0.05, 0.1) is 5.92 Å². The minimum absolute atomic E-state index is 0.195. The van der Waals surface area contributed by atoms with Gasteiger partial charge < -0.3 is 14.6 Å². The van der Waals surface area contributed by atoms with E-state index in [0.717, 1.165) is 18.7 Å². The summed E-state index contributed by atoms with van der Waals surface area (Å²) in [5.41, 5.74) is -0.346. The summed E-state index contributed by atoms with van der Waals surface area (Å²) >= 11 is 0. The highest BCUT2D eigenvalue weighted by atomic mass is 16.5. The monoisotopic (exact) mass is 281 g/mol. The van der Waals surface area contributed by atoms with Crippen LogP contribution in [0.5, 0.6) is 0 Å². The Morgan fingerprint density at radius 3 is 2.40 bits per heavy atom. The van der Waals surface area contributed by atoms with Crippen LogP contribution in [0.1, 0.15) is 70.0 Å². The van der Waals surface area contributed by atoms with E-state index in [-0.39, 0.29) is 11.5 Å². The van der Waals surface area contributed by atoms with Gasteiger partial charge >= 0.3 is 0 Å². The summed E-state index contributed by atoms with van der Waals surface area (Å²) in [6.07, 6.45) is 6.84. The van der Waals surface area contributed by atoms with Crippen molar-refractivity contribution >= 4 is 0 Å². The summed E-state index contributed by atoms with van der Waals surface area (Å²) in [7, 11) is 3.71. The van der Waals surface area contributed by atoms with Gasteiger partial charge in [0.2, 0.25) is 11.7 Å². The van der Waals surface area contributed by atoms with E-state index in [9.17, 15) is 0 Å². The lowest BCUT2D eigenvalue weighted by Crippen LogP contribution is -2.30. The number of nitrogens with zero attached hydrogens (tertiary/aromatic N) is 2. The van der Waals surface area contributed by atoms with Crippen LogP contribution >= 0.6 is 0 Å². The molecule has 1 saturated carbocycles. The van der Waals surface area contributed by atoms with Gasteiger partial charge in [0.15, 0.2) is 0 Å². The maximum atomic E-state index is 5.82. The zero-order valence-corrected chi connectivity index (χ0v) is 13.1. The van der Waals surface area contributed by atoms with Crippen molar-refractivity contribution in [1.82, 2.24) is 15.5 Å². The number of hydrogen-bond donors (Lipinski definition) is 1. The van der Waals surface area contributed by atoms with Crippen molar-refractivity contribution in [1.29, 1.82) is 0 Å². The zero-order valence-electron chi connectivity index (χ0n) is 13.1. The lowest BCUT2D eigenvalue weighted by Gasteiger charge is -2.27. The molecule has 5 nitrogen and oxygen atoms in total. The summed E-state index contributed by atoms with van der Waals surface area (Å²) in [5.74, 6) is 1.62. The Hall–Kier alpha value is -0.940. The minimum atomic E-state index is -0.346. The third kappa shape index (κ3) is 3.04. The third-order valence-corrected chi connectivity index (χ3v) is 4.75. The average Bonchev–Trinajstić information content (AvgIpc) is 2.85. The van der Waals surface area contributed by atoms with Crippen molar-refractivity contribution in [2.24, 2.45) is 0 Å². The van der Waals surface area contributed by atoms with Crippen LogP contribution in [0.2, 0.25) is 0 Å². The number of likely N-dealkylation sites (N-methyl/N-ethyl adjacent to an activating group) is 1. The highest BCUT2D eigenvalue weighted by Crippen LogP contribution is 2.37. The number of ether oxygens (including phenoxy) is 1. The lowest BCUT2D eigenvalue weighted by molar-refractivity contribution is -0.0365. The van der Waals surface area contributed by atoms with Crippen LogP contribution in [0, 0.1) is 0 Å². The van der Waals surface area contributed by atoms with Crippen LogP contribution in [0.15, 0.2) is 4.52 Å². The molecule has 0 aliphatic heterocycles. The molecule has 0 saturated heterocycles. The Bertz CT molecular complexity index is 411. The van der Waals surface area contributed by atoms with Gasteiger partial charge in [-0.05, 0) is 26.8 Å². The number of rotatable bonds is 5. The third-order valence-electron chi connectivity index (χ3n) is 4.75. The first-order chi connectivity index (χ1) is 9.63. The van der Waals surface area contributed by atoms with Crippen molar-refractivity contribution in [2.45, 2.75) is 69.9 Å². The molecular weight excluding hydrogens is 254 g/mol. The largest absolute Gasteiger partial charge is 0.370 e. The van der Waals surface area contributed by atoms with Gasteiger partial charge in [-0.15, -0.1) is 0 Å². The summed E-state index contributed by atoms with van der Waals surface area (Å²) in [5, 5.41) is 7.45. The fourth-order valence-electron chi connectivity index (χ4n) is 2.89. The normalized spacial score (nSPS) is 22.2. The fraction of sp³-hybridized carbons (Fsp3) is 0.867. The topological polar surface area (TPSA) is 60.2 Å². The maximum Gasteiger partial charge on any atom is 0.231 e. The standard InChI is InChI=1S/C15H27N3O2/c1-11(12(2)16-3)13-17-14(18-20-13)15(19-4)9-7-5-6-8-10-15/h11-12,16H,5-10H2,1-4H3. The van der Waals surface area contributed by atoms with E-state index in [4.69, 9.17) is 9.26 Å². The maximum absolute atomic E-state index is 5.82. The predicted octanol–water partition coefficient (Wildman–Crippen LogP) is 2.98. The van der Waals surface area contributed by atoms with Crippen LogP contribution in [-0.4, -0.2) is 30.3 Å². The molecule has 0 amide bonds. The smallest absolute Gasteiger partial charge is 0.231 e. The molecule has 1 aliphatic carbocycles. The Balaban J connectivity index is 2.21. The number of methoxy groups -OCH3 is 1. The summed E-state index contributed by atoms with van der Waals surface area (Å²) in [6, 6.07) is 0.302. The average molecular weight is 281 g/mol. The molecule has 0 aromatic carbocycles. The van der Waals surface area contributed by atoms with E-state index in [1.165, 1.54) is 25.7 Å². The Labute approximate surface area is 121 Å². The van der Waals surface area contributed by atoms with Gasteiger partial charge in [-0.25, -0.2) is 0 Å².